The van der Waals surface area contributed by atoms with Crippen LogP contribution in [-0.4, -0.2) is 11.8 Å². The molecule has 0 amide bonds. The molecule has 0 bridgehead atoms. The van der Waals surface area contributed by atoms with Crippen LogP contribution in [0.3, 0.4) is 0 Å². The molecule has 0 saturated carbocycles. The first-order valence-electron chi connectivity index (χ1n) is 7.34. The molecule has 0 aromatic heterocycles. The Morgan fingerprint density at radius 1 is 1.32 bits per heavy atom. The number of hydrogen-bond acceptors (Lipinski definition) is 3. The zero-order chi connectivity index (χ0) is 13.8. The van der Waals surface area contributed by atoms with Crippen molar-refractivity contribution in [3.63, 3.8) is 0 Å². The van der Waals surface area contributed by atoms with E-state index >= 15 is 0 Å². The molecule has 0 aromatic rings. The van der Waals surface area contributed by atoms with Gasteiger partial charge in [0.2, 0.25) is 0 Å². The van der Waals surface area contributed by atoms with E-state index in [1.807, 2.05) is 13.0 Å². The summed E-state index contributed by atoms with van der Waals surface area (Å²) in [5.74, 6) is 0.846. The maximum atomic E-state index is 12.0. The largest absolute Gasteiger partial charge is 0.423 e. The first-order valence-corrected chi connectivity index (χ1v) is 7.34. The number of unbranched alkanes of at least 4 members (excludes halogenated alkanes) is 1. The van der Waals surface area contributed by atoms with E-state index in [0.29, 0.717) is 18.6 Å². The summed E-state index contributed by atoms with van der Waals surface area (Å²) in [5.41, 5.74) is 1.81. The molecule has 1 unspecified atom stereocenters. The van der Waals surface area contributed by atoms with Crippen molar-refractivity contribution in [1.82, 2.24) is 0 Å². The summed E-state index contributed by atoms with van der Waals surface area (Å²) in [6, 6.07) is 0. The predicted octanol–water partition coefficient (Wildman–Crippen LogP) is 3.69. The van der Waals surface area contributed by atoms with Crippen LogP contribution >= 0.6 is 0 Å². The average molecular weight is 262 g/mol. The highest BCUT2D eigenvalue weighted by molar-refractivity contribution is 5.96. The van der Waals surface area contributed by atoms with Crippen LogP contribution in [0.15, 0.2) is 23.0 Å². The Morgan fingerprint density at radius 2 is 2.11 bits per heavy atom. The normalized spacial score (nSPS) is 24.6. The minimum atomic E-state index is -0.230. The zero-order valence-corrected chi connectivity index (χ0v) is 11.8. The summed E-state index contributed by atoms with van der Waals surface area (Å²) in [4.78, 5) is 23.8. The second-order valence-electron chi connectivity index (χ2n) is 5.36. The van der Waals surface area contributed by atoms with E-state index in [9.17, 15) is 9.59 Å². The van der Waals surface area contributed by atoms with Crippen LogP contribution in [0.1, 0.15) is 58.8 Å². The Balaban J connectivity index is 2.12. The summed E-state index contributed by atoms with van der Waals surface area (Å²) in [6.45, 7) is 4.12. The van der Waals surface area contributed by atoms with Gasteiger partial charge in [0, 0.05) is 23.5 Å². The first kappa shape index (κ1) is 14.0. The van der Waals surface area contributed by atoms with Crippen molar-refractivity contribution in [3.05, 3.63) is 23.0 Å². The lowest BCUT2D eigenvalue weighted by Gasteiger charge is -2.20. The van der Waals surface area contributed by atoms with Crippen molar-refractivity contribution in [2.75, 3.05) is 0 Å². The van der Waals surface area contributed by atoms with E-state index in [-0.39, 0.29) is 11.9 Å². The van der Waals surface area contributed by atoms with Crippen molar-refractivity contribution in [3.8, 4) is 0 Å². The third-order valence-corrected chi connectivity index (χ3v) is 3.87. The molecule has 0 radical (unpaired) electrons. The molecule has 19 heavy (non-hydrogen) atoms. The molecule has 0 aromatic carbocycles. The van der Waals surface area contributed by atoms with Crippen LogP contribution in [0.2, 0.25) is 0 Å². The van der Waals surface area contributed by atoms with Gasteiger partial charge in [-0.3, -0.25) is 4.79 Å². The minimum Gasteiger partial charge on any atom is -0.423 e. The van der Waals surface area contributed by atoms with E-state index in [1.165, 1.54) is 0 Å². The zero-order valence-electron chi connectivity index (χ0n) is 11.8. The van der Waals surface area contributed by atoms with Gasteiger partial charge >= 0.3 is 5.97 Å². The fourth-order valence-corrected chi connectivity index (χ4v) is 2.81. The second-order valence-corrected chi connectivity index (χ2v) is 5.36. The van der Waals surface area contributed by atoms with Gasteiger partial charge in [-0.1, -0.05) is 20.3 Å². The first-order chi connectivity index (χ1) is 9.17. The van der Waals surface area contributed by atoms with Crippen molar-refractivity contribution in [2.24, 2.45) is 5.92 Å². The van der Waals surface area contributed by atoms with Gasteiger partial charge in [0.25, 0.3) is 0 Å². The van der Waals surface area contributed by atoms with Gasteiger partial charge < -0.3 is 4.74 Å². The Kier molecular flexibility index (Phi) is 4.56. The van der Waals surface area contributed by atoms with Crippen LogP contribution in [0, 0.1) is 5.92 Å². The number of allylic oxidation sites excluding steroid dienone is 2. The summed E-state index contributed by atoms with van der Waals surface area (Å²) in [5, 5.41) is 0. The smallest absolute Gasteiger partial charge is 0.339 e. The van der Waals surface area contributed by atoms with E-state index in [0.717, 1.165) is 49.0 Å². The summed E-state index contributed by atoms with van der Waals surface area (Å²) >= 11 is 0. The molecular formula is C16H22O3. The minimum absolute atomic E-state index is 0.0248. The Labute approximate surface area is 114 Å². The standard InChI is InChI=1S/C16H22O3/c1-3-5-7-15-12-9-8-11(14(17)6-4-2)10-13(12)16(18)19-15/h7,11H,3-6,8-10H2,1-2H3/b15-7-. The molecule has 3 nitrogen and oxygen atoms in total. The van der Waals surface area contributed by atoms with E-state index in [1.54, 1.807) is 0 Å². The predicted molar refractivity (Wildman–Crippen MR) is 73.4 cm³/mol. The number of ketones is 1. The number of carbonyl (C=O) groups excluding carboxylic acids is 2. The van der Waals surface area contributed by atoms with Gasteiger partial charge in [-0.05, 0) is 38.2 Å². The fraction of sp³-hybridized carbons (Fsp3) is 0.625. The molecule has 1 aliphatic heterocycles. The topological polar surface area (TPSA) is 43.4 Å². The van der Waals surface area contributed by atoms with Gasteiger partial charge in [0.1, 0.15) is 11.5 Å². The van der Waals surface area contributed by atoms with Crippen LogP contribution in [0.25, 0.3) is 0 Å². The lowest BCUT2D eigenvalue weighted by molar-refractivity contribution is -0.133. The molecule has 104 valence electrons. The quantitative estimate of drug-likeness (QED) is 0.710. The molecular weight excluding hydrogens is 240 g/mol. The lowest BCUT2D eigenvalue weighted by Crippen LogP contribution is -2.20. The summed E-state index contributed by atoms with van der Waals surface area (Å²) in [6.07, 6.45) is 7.73. The van der Waals surface area contributed by atoms with Crippen molar-refractivity contribution >= 4 is 11.8 Å². The lowest BCUT2D eigenvalue weighted by atomic mass is 9.81. The SMILES string of the molecule is CCC/C=C1\OC(=O)C2=C1CCC(C(=O)CCC)C2. The number of esters is 1. The Bertz CT molecular complexity index is 443. The molecule has 0 spiro atoms. The monoisotopic (exact) mass is 262 g/mol. The van der Waals surface area contributed by atoms with Crippen LogP contribution in [0.5, 0.6) is 0 Å². The molecule has 0 fully saturated rings. The number of ether oxygens (including phenoxy) is 1. The number of Topliss-reactive ketones (excluding diaryl/α,β-unsaturated/α-hetero) is 1. The maximum Gasteiger partial charge on any atom is 0.339 e. The summed E-state index contributed by atoms with van der Waals surface area (Å²) < 4.78 is 5.34. The molecule has 0 saturated heterocycles. The highest BCUT2D eigenvalue weighted by Crippen LogP contribution is 2.40. The van der Waals surface area contributed by atoms with Gasteiger partial charge in [-0.15, -0.1) is 0 Å². The number of cyclic esters (lactones) is 1. The molecule has 1 aliphatic carbocycles. The maximum absolute atomic E-state index is 12.0. The Hall–Kier alpha value is -1.38. The van der Waals surface area contributed by atoms with Crippen molar-refractivity contribution < 1.29 is 14.3 Å². The average Bonchev–Trinajstić information content (AvgIpc) is 2.73. The van der Waals surface area contributed by atoms with E-state index in [4.69, 9.17) is 4.74 Å². The van der Waals surface area contributed by atoms with E-state index in [2.05, 4.69) is 6.92 Å². The molecule has 1 atom stereocenters. The number of hydrogen-bond donors (Lipinski definition) is 0. The highest BCUT2D eigenvalue weighted by Gasteiger charge is 2.36. The summed E-state index contributed by atoms with van der Waals surface area (Å²) in [7, 11) is 0. The van der Waals surface area contributed by atoms with Crippen molar-refractivity contribution in [1.29, 1.82) is 0 Å². The molecule has 2 rings (SSSR count). The van der Waals surface area contributed by atoms with Crippen molar-refractivity contribution in [2.45, 2.75) is 58.8 Å². The number of rotatable bonds is 5. The molecule has 0 N–H and O–H groups in total. The number of carbonyl (C=O) groups is 2. The third kappa shape index (κ3) is 2.96. The van der Waals surface area contributed by atoms with E-state index < -0.39 is 0 Å². The van der Waals surface area contributed by atoms with Gasteiger partial charge in [0.15, 0.2) is 0 Å². The van der Waals surface area contributed by atoms with Gasteiger partial charge in [-0.25, -0.2) is 4.79 Å². The van der Waals surface area contributed by atoms with Crippen LogP contribution in [0.4, 0.5) is 0 Å². The highest BCUT2D eigenvalue weighted by atomic mass is 16.5. The molecule has 2 aliphatic rings. The van der Waals surface area contributed by atoms with Gasteiger partial charge in [0.05, 0.1) is 0 Å². The van der Waals surface area contributed by atoms with Crippen LogP contribution < -0.4 is 0 Å². The molecule has 3 heteroatoms. The third-order valence-electron chi connectivity index (χ3n) is 3.87. The second kappa shape index (κ2) is 6.18. The fourth-order valence-electron chi connectivity index (χ4n) is 2.81. The Morgan fingerprint density at radius 3 is 2.79 bits per heavy atom. The van der Waals surface area contributed by atoms with Crippen LogP contribution in [-0.2, 0) is 14.3 Å². The molecule has 1 heterocycles. The van der Waals surface area contributed by atoms with Gasteiger partial charge in [-0.2, -0.15) is 0 Å².